The van der Waals surface area contributed by atoms with Crippen molar-refractivity contribution >= 4 is 0 Å². The molecular formula is C17H21N5O. The van der Waals surface area contributed by atoms with E-state index in [-0.39, 0.29) is 6.04 Å². The summed E-state index contributed by atoms with van der Waals surface area (Å²) in [5, 5.41) is 11.4. The van der Waals surface area contributed by atoms with E-state index in [0.29, 0.717) is 17.6 Å². The molecule has 0 amide bonds. The van der Waals surface area contributed by atoms with Crippen LogP contribution in [0.5, 0.6) is 0 Å². The van der Waals surface area contributed by atoms with Crippen molar-refractivity contribution in [2.75, 3.05) is 0 Å². The first-order valence-electron chi connectivity index (χ1n) is 7.76. The second kappa shape index (κ2) is 6.34. The minimum atomic E-state index is -0.218. The van der Waals surface area contributed by atoms with E-state index in [0.717, 1.165) is 28.9 Å². The summed E-state index contributed by atoms with van der Waals surface area (Å²) in [5.41, 5.74) is 9.75. The van der Waals surface area contributed by atoms with Crippen molar-refractivity contribution in [3.63, 3.8) is 0 Å². The predicted molar refractivity (Wildman–Crippen MR) is 88.4 cm³/mol. The first kappa shape index (κ1) is 15.4. The van der Waals surface area contributed by atoms with Crippen molar-refractivity contribution in [2.45, 2.75) is 33.2 Å². The maximum atomic E-state index is 6.11. The van der Waals surface area contributed by atoms with Crippen molar-refractivity contribution in [2.24, 2.45) is 11.7 Å². The van der Waals surface area contributed by atoms with Gasteiger partial charge in [0.05, 0.1) is 11.7 Å². The number of hydrogen-bond donors (Lipinski definition) is 2. The van der Waals surface area contributed by atoms with E-state index in [1.807, 2.05) is 37.3 Å². The van der Waals surface area contributed by atoms with Crippen LogP contribution in [0, 0.1) is 12.8 Å². The molecule has 0 saturated heterocycles. The molecule has 0 saturated carbocycles. The molecule has 0 radical (unpaired) electrons. The minimum absolute atomic E-state index is 0.218. The van der Waals surface area contributed by atoms with Gasteiger partial charge in [0.1, 0.15) is 5.69 Å². The number of hydrogen-bond acceptors (Lipinski definition) is 5. The Morgan fingerprint density at radius 3 is 2.65 bits per heavy atom. The number of nitrogens with one attached hydrogen (secondary N) is 1. The van der Waals surface area contributed by atoms with E-state index < -0.39 is 0 Å². The topological polar surface area (TPSA) is 93.6 Å². The number of rotatable bonds is 5. The molecule has 0 aliphatic heterocycles. The maximum Gasteiger partial charge on any atom is 0.276 e. The number of nitrogens with two attached hydrogens (primary N) is 1. The van der Waals surface area contributed by atoms with Gasteiger partial charge in [-0.05, 0) is 19.3 Å². The van der Waals surface area contributed by atoms with Gasteiger partial charge in [-0.25, -0.2) is 0 Å². The Kier molecular flexibility index (Phi) is 4.25. The summed E-state index contributed by atoms with van der Waals surface area (Å²) in [6, 6.07) is 9.77. The van der Waals surface area contributed by atoms with Crippen LogP contribution in [0.25, 0.3) is 22.8 Å². The second-order valence-electron chi connectivity index (χ2n) is 6.13. The number of nitrogens with zero attached hydrogens (tertiary/aromatic N) is 3. The lowest BCUT2D eigenvalue weighted by Gasteiger charge is -2.08. The lowest BCUT2D eigenvalue weighted by Crippen LogP contribution is -2.14. The van der Waals surface area contributed by atoms with Crippen LogP contribution in [0.1, 0.15) is 37.7 Å². The predicted octanol–water partition coefficient (Wildman–Crippen LogP) is 3.48. The number of aromatic nitrogens is 4. The molecular weight excluding hydrogens is 290 g/mol. The van der Waals surface area contributed by atoms with Crippen molar-refractivity contribution in [3.05, 3.63) is 41.7 Å². The summed E-state index contributed by atoms with van der Waals surface area (Å²) in [6.07, 6.45) is 0.816. The van der Waals surface area contributed by atoms with Gasteiger partial charge < -0.3 is 10.3 Å². The Labute approximate surface area is 135 Å². The molecule has 1 atom stereocenters. The molecule has 6 heteroatoms. The highest BCUT2D eigenvalue weighted by Crippen LogP contribution is 2.29. The van der Waals surface area contributed by atoms with Crippen LogP contribution in [0.3, 0.4) is 0 Å². The fourth-order valence-electron chi connectivity index (χ4n) is 2.58. The Balaban J connectivity index is 1.89. The summed E-state index contributed by atoms with van der Waals surface area (Å²) >= 11 is 0. The third-order valence-electron chi connectivity index (χ3n) is 3.77. The van der Waals surface area contributed by atoms with Crippen molar-refractivity contribution < 1.29 is 4.52 Å². The Bertz CT molecular complexity index is 775. The van der Waals surface area contributed by atoms with E-state index in [4.69, 9.17) is 10.3 Å². The molecule has 0 fully saturated rings. The number of benzene rings is 1. The zero-order valence-electron chi connectivity index (χ0n) is 13.6. The normalized spacial score (nSPS) is 12.7. The molecule has 2 heterocycles. The molecule has 3 N–H and O–H groups in total. The van der Waals surface area contributed by atoms with Gasteiger partial charge in [-0.1, -0.05) is 49.3 Å². The fourth-order valence-corrected chi connectivity index (χ4v) is 2.58. The third-order valence-corrected chi connectivity index (χ3v) is 3.77. The highest BCUT2D eigenvalue weighted by molar-refractivity contribution is 5.70. The van der Waals surface area contributed by atoms with Crippen LogP contribution < -0.4 is 5.73 Å². The molecule has 0 spiro atoms. The highest BCUT2D eigenvalue weighted by atomic mass is 16.5. The van der Waals surface area contributed by atoms with Crippen LogP contribution in [-0.2, 0) is 0 Å². The van der Waals surface area contributed by atoms with Gasteiger partial charge in [0.15, 0.2) is 5.82 Å². The zero-order valence-corrected chi connectivity index (χ0v) is 13.6. The first-order valence-corrected chi connectivity index (χ1v) is 7.76. The quantitative estimate of drug-likeness (QED) is 0.752. The zero-order chi connectivity index (χ0) is 16.4. The summed E-state index contributed by atoms with van der Waals surface area (Å²) < 4.78 is 5.37. The highest BCUT2D eigenvalue weighted by Gasteiger charge is 2.20. The molecule has 3 rings (SSSR count). The minimum Gasteiger partial charge on any atom is -0.332 e. The van der Waals surface area contributed by atoms with Gasteiger partial charge in [0, 0.05) is 11.1 Å². The standard InChI is InChI=1S/C17H21N5O/c1-10(2)9-13(18)16-19-17(23-22-16)15-11(3)14(20-21-15)12-7-5-4-6-8-12/h4-8,10,13H,9,18H2,1-3H3,(H,20,21). The molecule has 2 aromatic heterocycles. The largest absolute Gasteiger partial charge is 0.332 e. The third kappa shape index (κ3) is 3.17. The second-order valence-corrected chi connectivity index (χ2v) is 6.13. The smallest absolute Gasteiger partial charge is 0.276 e. The lowest BCUT2D eigenvalue weighted by atomic mass is 10.0. The summed E-state index contributed by atoms with van der Waals surface area (Å²) in [6.45, 7) is 6.22. The Hall–Kier alpha value is -2.47. The molecule has 120 valence electrons. The van der Waals surface area contributed by atoms with Crippen molar-refractivity contribution in [1.29, 1.82) is 0 Å². The van der Waals surface area contributed by atoms with Crippen LogP contribution >= 0.6 is 0 Å². The molecule has 23 heavy (non-hydrogen) atoms. The van der Waals surface area contributed by atoms with Crippen LogP contribution in [-0.4, -0.2) is 20.3 Å². The van der Waals surface area contributed by atoms with E-state index >= 15 is 0 Å². The van der Waals surface area contributed by atoms with Gasteiger partial charge in [-0.3, -0.25) is 5.10 Å². The summed E-state index contributed by atoms with van der Waals surface area (Å²) in [4.78, 5) is 4.43. The molecule has 0 bridgehead atoms. The Morgan fingerprint density at radius 1 is 1.22 bits per heavy atom. The summed E-state index contributed by atoms with van der Waals surface area (Å²) in [5.74, 6) is 1.43. The molecule has 3 aromatic rings. The van der Waals surface area contributed by atoms with Crippen molar-refractivity contribution in [3.8, 4) is 22.8 Å². The molecule has 6 nitrogen and oxygen atoms in total. The van der Waals surface area contributed by atoms with E-state index in [2.05, 4.69) is 34.2 Å². The molecule has 1 unspecified atom stereocenters. The van der Waals surface area contributed by atoms with Gasteiger partial charge >= 0.3 is 0 Å². The molecule has 1 aromatic carbocycles. The van der Waals surface area contributed by atoms with E-state index in [1.54, 1.807) is 0 Å². The lowest BCUT2D eigenvalue weighted by molar-refractivity contribution is 0.404. The fraction of sp³-hybridized carbons (Fsp3) is 0.353. The van der Waals surface area contributed by atoms with Gasteiger partial charge in [-0.2, -0.15) is 10.1 Å². The average molecular weight is 311 g/mol. The van der Waals surface area contributed by atoms with Gasteiger partial charge in [0.2, 0.25) is 0 Å². The number of aromatic amines is 1. The monoisotopic (exact) mass is 311 g/mol. The molecule has 0 aliphatic carbocycles. The SMILES string of the molecule is Cc1c(-c2ccccc2)n[nH]c1-c1nc(C(N)CC(C)C)no1. The average Bonchev–Trinajstić information content (AvgIpc) is 3.14. The Morgan fingerprint density at radius 2 is 1.96 bits per heavy atom. The van der Waals surface area contributed by atoms with Gasteiger partial charge in [-0.15, -0.1) is 0 Å². The maximum absolute atomic E-state index is 6.11. The first-order chi connectivity index (χ1) is 11.1. The van der Waals surface area contributed by atoms with Crippen molar-refractivity contribution in [1.82, 2.24) is 20.3 Å². The van der Waals surface area contributed by atoms with Crippen LogP contribution in [0.2, 0.25) is 0 Å². The summed E-state index contributed by atoms with van der Waals surface area (Å²) in [7, 11) is 0. The van der Waals surface area contributed by atoms with Crippen LogP contribution in [0.15, 0.2) is 34.9 Å². The molecule has 0 aliphatic rings. The van der Waals surface area contributed by atoms with E-state index in [1.165, 1.54) is 0 Å². The van der Waals surface area contributed by atoms with E-state index in [9.17, 15) is 0 Å². The van der Waals surface area contributed by atoms with Crippen LogP contribution in [0.4, 0.5) is 0 Å². The number of H-pyrrole nitrogens is 1. The van der Waals surface area contributed by atoms with Gasteiger partial charge in [0.25, 0.3) is 5.89 Å².